The molecule has 1 unspecified atom stereocenters. The summed E-state index contributed by atoms with van der Waals surface area (Å²) in [7, 11) is 1.11. The van der Waals surface area contributed by atoms with Crippen LogP contribution in [0.2, 0.25) is 0 Å². The van der Waals surface area contributed by atoms with Crippen LogP contribution in [0, 0.1) is 5.92 Å². The number of benzene rings is 1. The van der Waals surface area contributed by atoms with Gasteiger partial charge in [-0.1, -0.05) is 44.2 Å². The first kappa shape index (κ1) is 21.0. The molecule has 1 amide bonds. The number of anilines is 1. The molecule has 1 aliphatic heterocycles. The predicted octanol–water partition coefficient (Wildman–Crippen LogP) is 3.51. The van der Waals surface area contributed by atoms with Gasteiger partial charge >= 0.3 is 0 Å². The number of rotatable bonds is 5. The molecule has 1 aliphatic carbocycles. The molecule has 2 aromatic rings. The molecule has 5 nitrogen and oxygen atoms in total. The molecule has 2 aliphatic rings. The summed E-state index contributed by atoms with van der Waals surface area (Å²) < 4.78 is 11.5. The van der Waals surface area contributed by atoms with Gasteiger partial charge in [0.15, 0.2) is 0 Å². The van der Waals surface area contributed by atoms with E-state index in [1.807, 2.05) is 25.4 Å². The second-order valence-electron chi connectivity index (χ2n) is 9.15. The van der Waals surface area contributed by atoms with Crippen molar-refractivity contribution in [1.82, 2.24) is 9.88 Å². The van der Waals surface area contributed by atoms with Gasteiger partial charge in [-0.3, -0.25) is 9.00 Å². The van der Waals surface area contributed by atoms with Gasteiger partial charge in [-0.15, -0.1) is 0 Å². The van der Waals surface area contributed by atoms with Crippen molar-refractivity contribution in [2.45, 2.75) is 51.1 Å². The van der Waals surface area contributed by atoms with Crippen LogP contribution in [0.25, 0.3) is 0 Å². The Morgan fingerprint density at radius 1 is 1.20 bits per heavy atom. The van der Waals surface area contributed by atoms with Gasteiger partial charge in [0.1, 0.15) is 5.82 Å². The average Bonchev–Trinajstić information content (AvgIpc) is 2.99. The molecular weight excluding hydrogens is 394 g/mol. The minimum atomic E-state index is -0.740. The summed E-state index contributed by atoms with van der Waals surface area (Å²) in [5, 5.41) is 3.62. The van der Waals surface area contributed by atoms with Crippen molar-refractivity contribution in [1.29, 1.82) is 0 Å². The third-order valence-electron chi connectivity index (χ3n) is 6.69. The van der Waals surface area contributed by atoms with Crippen LogP contribution in [0.1, 0.15) is 43.4 Å². The molecule has 1 saturated heterocycles. The van der Waals surface area contributed by atoms with Crippen LogP contribution in [0.4, 0.5) is 5.82 Å². The number of nitrogens with zero attached hydrogens (tertiary/aromatic N) is 2. The smallest absolute Gasteiger partial charge is 0.225 e. The fourth-order valence-corrected chi connectivity index (χ4v) is 6.01. The van der Waals surface area contributed by atoms with E-state index < -0.39 is 10.8 Å². The quantitative estimate of drug-likeness (QED) is 0.796. The van der Waals surface area contributed by atoms with E-state index in [-0.39, 0.29) is 17.2 Å². The van der Waals surface area contributed by atoms with Gasteiger partial charge in [-0.2, -0.15) is 0 Å². The van der Waals surface area contributed by atoms with Gasteiger partial charge in [-0.05, 0) is 42.0 Å². The Labute approximate surface area is 181 Å². The number of hydrogen-bond donors (Lipinski definition) is 1. The van der Waals surface area contributed by atoms with Gasteiger partial charge < -0.3 is 10.2 Å². The molecule has 2 heterocycles. The molecule has 1 aromatic carbocycles. The lowest BCUT2D eigenvalue weighted by atomic mass is 9.83. The Balaban J connectivity index is 1.35. The highest BCUT2D eigenvalue weighted by atomic mass is 32.2. The van der Waals surface area contributed by atoms with Crippen LogP contribution in [0.5, 0.6) is 0 Å². The fraction of sp³-hybridized carbons (Fsp3) is 0.500. The monoisotopic (exact) mass is 425 g/mol. The summed E-state index contributed by atoms with van der Waals surface area (Å²) in [6.45, 7) is 5.12. The van der Waals surface area contributed by atoms with Crippen LogP contribution in [0.3, 0.4) is 0 Å². The van der Waals surface area contributed by atoms with Crippen LogP contribution in [-0.2, 0) is 34.0 Å². The normalized spacial score (nSPS) is 24.8. The topological polar surface area (TPSA) is 62.3 Å². The largest absolute Gasteiger partial charge is 0.366 e. The zero-order valence-electron chi connectivity index (χ0n) is 18.1. The molecule has 6 heteroatoms. The molecule has 160 valence electrons. The molecule has 0 bridgehead atoms. The molecule has 1 fully saturated rings. The number of carbonyl (C=O) groups excluding carboxylic acids is 1. The molecule has 0 radical (unpaired) electrons. The highest BCUT2D eigenvalue weighted by molar-refractivity contribution is 7.85. The Morgan fingerprint density at radius 2 is 1.93 bits per heavy atom. The van der Waals surface area contributed by atoms with E-state index in [2.05, 4.69) is 48.4 Å². The first-order valence-corrected chi connectivity index (χ1v) is 12.2. The molecule has 1 atom stereocenters. The van der Waals surface area contributed by atoms with E-state index >= 15 is 0 Å². The molecule has 1 N–H and O–H groups in total. The van der Waals surface area contributed by atoms with Gasteiger partial charge in [0.2, 0.25) is 5.91 Å². The first-order valence-electron chi connectivity index (χ1n) is 10.7. The number of hydrogen-bond acceptors (Lipinski definition) is 4. The third-order valence-corrected chi connectivity index (χ3v) is 8.07. The highest BCUT2D eigenvalue weighted by Crippen LogP contribution is 2.39. The van der Waals surface area contributed by atoms with Crippen molar-refractivity contribution in [3.8, 4) is 0 Å². The minimum Gasteiger partial charge on any atom is -0.366 e. The second kappa shape index (κ2) is 8.50. The standard InChI is InChI=1S/C24H31N3O2S/c1-24(2)20-7-5-4-6-19(20)14-21(24)26-22-9-8-17(15-25-22)16-27(3)23(28)18-10-12-30(29)13-11-18/h4-9,15,18,21H,10-14,16H2,1-3H3,(H,25,26). The number of pyridine rings is 1. The minimum absolute atomic E-state index is 0.00725. The van der Waals surface area contributed by atoms with E-state index in [4.69, 9.17) is 0 Å². The maximum atomic E-state index is 12.7. The number of nitrogens with one attached hydrogen (secondary N) is 1. The molecule has 0 saturated carbocycles. The lowest BCUT2D eigenvalue weighted by Crippen LogP contribution is -2.36. The maximum Gasteiger partial charge on any atom is 0.225 e. The zero-order chi connectivity index (χ0) is 21.3. The van der Waals surface area contributed by atoms with Crippen molar-refractivity contribution < 1.29 is 9.00 Å². The predicted molar refractivity (Wildman–Crippen MR) is 122 cm³/mol. The number of carbonyl (C=O) groups is 1. The van der Waals surface area contributed by atoms with Crippen molar-refractivity contribution in [3.63, 3.8) is 0 Å². The number of amides is 1. The van der Waals surface area contributed by atoms with Crippen molar-refractivity contribution in [2.75, 3.05) is 23.9 Å². The number of fused-ring (bicyclic) bond motifs is 1. The zero-order valence-corrected chi connectivity index (χ0v) is 18.9. The van der Waals surface area contributed by atoms with Gasteiger partial charge in [0.05, 0.1) is 0 Å². The van der Waals surface area contributed by atoms with Gasteiger partial charge in [0.25, 0.3) is 0 Å². The Hall–Kier alpha value is -2.21. The third kappa shape index (κ3) is 4.29. The van der Waals surface area contributed by atoms with Crippen molar-refractivity contribution in [3.05, 3.63) is 59.3 Å². The molecule has 1 aromatic heterocycles. The van der Waals surface area contributed by atoms with Crippen LogP contribution in [-0.4, -0.2) is 44.6 Å². The Bertz CT molecular complexity index is 932. The molecule has 4 rings (SSSR count). The maximum absolute atomic E-state index is 12.7. The molecule has 0 spiro atoms. The highest BCUT2D eigenvalue weighted by Gasteiger charge is 2.39. The molecular formula is C24H31N3O2S. The van der Waals surface area contributed by atoms with E-state index in [0.29, 0.717) is 24.1 Å². The lowest BCUT2D eigenvalue weighted by molar-refractivity contribution is -0.135. The first-order chi connectivity index (χ1) is 14.3. The summed E-state index contributed by atoms with van der Waals surface area (Å²) >= 11 is 0. The van der Waals surface area contributed by atoms with E-state index in [1.165, 1.54) is 11.1 Å². The summed E-state index contributed by atoms with van der Waals surface area (Å²) in [6.07, 6.45) is 4.32. The summed E-state index contributed by atoms with van der Waals surface area (Å²) in [5.74, 6) is 2.32. The summed E-state index contributed by atoms with van der Waals surface area (Å²) in [4.78, 5) is 19.1. The van der Waals surface area contributed by atoms with Crippen LogP contribution < -0.4 is 5.32 Å². The number of aromatic nitrogens is 1. The van der Waals surface area contributed by atoms with Crippen LogP contribution in [0.15, 0.2) is 42.6 Å². The van der Waals surface area contributed by atoms with Crippen molar-refractivity contribution >= 4 is 22.5 Å². The average molecular weight is 426 g/mol. The Kier molecular flexibility index (Phi) is 5.96. The van der Waals surface area contributed by atoms with Crippen molar-refractivity contribution in [2.24, 2.45) is 5.92 Å². The second-order valence-corrected chi connectivity index (χ2v) is 10.8. The van der Waals surface area contributed by atoms with Gasteiger partial charge in [-0.25, -0.2) is 4.98 Å². The van der Waals surface area contributed by atoms with Gasteiger partial charge in [0, 0.05) is 59.5 Å². The SMILES string of the molecule is CN(Cc1ccc(NC2Cc3ccccc3C2(C)C)nc1)C(=O)C1CCS(=O)CC1. The van der Waals surface area contributed by atoms with E-state index in [9.17, 15) is 9.00 Å². The summed E-state index contributed by atoms with van der Waals surface area (Å²) in [5.41, 5.74) is 3.88. The fourth-order valence-electron chi connectivity index (χ4n) is 4.71. The Morgan fingerprint density at radius 3 is 2.60 bits per heavy atom. The molecule has 30 heavy (non-hydrogen) atoms. The van der Waals surface area contributed by atoms with E-state index in [1.54, 1.807) is 4.90 Å². The van der Waals surface area contributed by atoms with Crippen LogP contribution >= 0.6 is 0 Å². The lowest BCUT2D eigenvalue weighted by Gasteiger charge is -2.29. The summed E-state index contributed by atoms with van der Waals surface area (Å²) in [6, 6.07) is 13.0. The van der Waals surface area contributed by atoms with E-state index in [0.717, 1.165) is 30.6 Å².